The van der Waals surface area contributed by atoms with Crippen molar-refractivity contribution in [3.05, 3.63) is 24.0 Å². The first-order valence-electron chi connectivity index (χ1n) is 5.96. The number of nitrogens with two attached hydrogens (primary N) is 1. The number of halogens is 1. The summed E-state index contributed by atoms with van der Waals surface area (Å²) in [5.41, 5.74) is 6.38. The molecule has 18 heavy (non-hydrogen) atoms. The largest absolute Gasteiger partial charge is 0.396 e. The van der Waals surface area contributed by atoms with E-state index in [9.17, 15) is 4.39 Å². The van der Waals surface area contributed by atoms with E-state index >= 15 is 0 Å². The predicted molar refractivity (Wildman–Crippen MR) is 67.2 cm³/mol. The van der Waals surface area contributed by atoms with Crippen LogP contribution in [0.15, 0.2) is 18.2 Å². The van der Waals surface area contributed by atoms with E-state index < -0.39 is 5.82 Å². The fraction of sp³-hybridized carbons (Fsp3) is 0.417. The van der Waals surface area contributed by atoms with E-state index in [2.05, 4.69) is 29.4 Å². The molecule has 0 bridgehead atoms. The lowest BCUT2D eigenvalue weighted by molar-refractivity contribution is 0.447. The summed E-state index contributed by atoms with van der Waals surface area (Å²) in [6.45, 7) is 4.16. The third kappa shape index (κ3) is 2.32. The SMILES string of the molecule is CCCC(C)n1nnnc1-c1ccc(F)c(N)c1. The van der Waals surface area contributed by atoms with Crippen LogP contribution in [0.2, 0.25) is 0 Å². The zero-order valence-electron chi connectivity index (χ0n) is 10.5. The van der Waals surface area contributed by atoms with E-state index in [0.29, 0.717) is 5.82 Å². The maximum absolute atomic E-state index is 13.1. The van der Waals surface area contributed by atoms with Crippen LogP contribution >= 0.6 is 0 Å². The van der Waals surface area contributed by atoms with Gasteiger partial charge in [-0.25, -0.2) is 9.07 Å². The molecule has 2 aromatic rings. The van der Waals surface area contributed by atoms with Crippen molar-refractivity contribution >= 4 is 5.69 Å². The Hall–Kier alpha value is -1.98. The Bertz CT molecular complexity index is 537. The number of benzene rings is 1. The van der Waals surface area contributed by atoms with E-state index in [-0.39, 0.29) is 11.7 Å². The molecule has 5 nitrogen and oxygen atoms in total. The summed E-state index contributed by atoms with van der Waals surface area (Å²) < 4.78 is 14.9. The zero-order valence-corrected chi connectivity index (χ0v) is 10.5. The van der Waals surface area contributed by atoms with Crippen LogP contribution in [0.25, 0.3) is 11.4 Å². The van der Waals surface area contributed by atoms with Crippen LogP contribution in [-0.2, 0) is 0 Å². The third-order valence-electron chi connectivity index (χ3n) is 2.87. The van der Waals surface area contributed by atoms with Gasteiger partial charge in [0, 0.05) is 5.56 Å². The van der Waals surface area contributed by atoms with Crippen molar-refractivity contribution in [2.75, 3.05) is 5.73 Å². The van der Waals surface area contributed by atoms with Crippen LogP contribution in [0.1, 0.15) is 32.7 Å². The summed E-state index contributed by atoms with van der Waals surface area (Å²) >= 11 is 0. The zero-order chi connectivity index (χ0) is 13.1. The van der Waals surface area contributed by atoms with Gasteiger partial charge in [0.2, 0.25) is 0 Å². The molecule has 0 aliphatic heterocycles. The van der Waals surface area contributed by atoms with Crippen molar-refractivity contribution in [1.29, 1.82) is 0 Å². The van der Waals surface area contributed by atoms with Gasteiger partial charge in [0.25, 0.3) is 0 Å². The molecule has 0 saturated carbocycles. The summed E-state index contributed by atoms with van der Waals surface area (Å²) in [5.74, 6) is 0.182. The van der Waals surface area contributed by atoms with Gasteiger partial charge in [0.1, 0.15) is 5.82 Å². The van der Waals surface area contributed by atoms with Crippen LogP contribution in [0.5, 0.6) is 0 Å². The molecule has 1 atom stereocenters. The van der Waals surface area contributed by atoms with Gasteiger partial charge in [-0.3, -0.25) is 0 Å². The number of hydrogen-bond acceptors (Lipinski definition) is 4. The minimum absolute atomic E-state index is 0.102. The second-order valence-electron chi connectivity index (χ2n) is 4.32. The molecule has 0 aliphatic rings. The highest BCUT2D eigenvalue weighted by Crippen LogP contribution is 2.24. The van der Waals surface area contributed by atoms with Gasteiger partial charge in [0.05, 0.1) is 11.7 Å². The highest BCUT2D eigenvalue weighted by atomic mass is 19.1. The summed E-state index contributed by atoms with van der Waals surface area (Å²) in [5, 5.41) is 11.7. The molecule has 0 saturated heterocycles. The maximum atomic E-state index is 13.1. The summed E-state index contributed by atoms with van der Waals surface area (Å²) in [6, 6.07) is 4.71. The second-order valence-corrected chi connectivity index (χ2v) is 4.32. The molecule has 96 valence electrons. The van der Waals surface area contributed by atoms with Crippen molar-refractivity contribution in [3.63, 3.8) is 0 Å². The Kier molecular flexibility index (Phi) is 3.55. The van der Waals surface area contributed by atoms with Gasteiger partial charge in [0.15, 0.2) is 5.82 Å². The molecule has 1 aromatic heterocycles. The first-order valence-corrected chi connectivity index (χ1v) is 5.96. The number of hydrogen-bond donors (Lipinski definition) is 1. The number of anilines is 1. The van der Waals surface area contributed by atoms with Crippen molar-refractivity contribution in [1.82, 2.24) is 20.2 Å². The van der Waals surface area contributed by atoms with E-state index in [1.807, 2.05) is 0 Å². The van der Waals surface area contributed by atoms with Crippen molar-refractivity contribution in [3.8, 4) is 11.4 Å². The topological polar surface area (TPSA) is 69.6 Å². The monoisotopic (exact) mass is 249 g/mol. The molecular weight excluding hydrogens is 233 g/mol. The van der Waals surface area contributed by atoms with Crippen LogP contribution < -0.4 is 5.73 Å². The lowest BCUT2D eigenvalue weighted by Gasteiger charge is -2.12. The Labute approximate surface area is 105 Å². The molecule has 1 heterocycles. The first kappa shape index (κ1) is 12.5. The summed E-state index contributed by atoms with van der Waals surface area (Å²) in [4.78, 5) is 0. The van der Waals surface area contributed by atoms with E-state index in [1.165, 1.54) is 6.07 Å². The minimum Gasteiger partial charge on any atom is -0.396 e. The minimum atomic E-state index is -0.431. The first-order chi connectivity index (χ1) is 8.63. The highest BCUT2D eigenvalue weighted by Gasteiger charge is 2.14. The Morgan fingerprint density at radius 1 is 1.44 bits per heavy atom. The van der Waals surface area contributed by atoms with E-state index in [1.54, 1.807) is 16.8 Å². The average molecular weight is 249 g/mol. The van der Waals surface area contributed by atoms with Crippen molar-refractivity contribution in [2.45, 2.75) is 32.7 Å². The number of tetrazole rings is 1. The molecule has 2 N–H and O–H groups in total. The van der Waals surface area contributed by atoms with Gasteiger partial charge in [-0.2, -0.15) is 0 Å². The number of nitrogen functional groups attached to an aromatic ring is 1. The van der Waals surface area contributed by atoms with E-state index in [0.717, 1.165) is 18.4 Å². The molecule has 0 aliphatic carbocycles. The van der Waals surface area contributed by atoms with Gasteiger partial charge < -0.3 is 5.73 Å². The average Bonchev–Trinajstić information content (AvgIpc) is 2.82. The van der Waals surface area contributed by atoms with Crippen LogP contribution in [0, 0.1) is 5.82 Å². The maximum Gasteiger partial charge on any atom is 0.182 e. The highest BCUT2D eigenvalue weighted by molar-refractivity contribution is 5.61. The Morgan fingerprint density at radius 3 is 2.89 bits per heavy atom. The standard InChI is InChI=1S/C12H16FN5/c1-3-4-8(2)18-12(15-16-17-18)9-5-6-10(13)11(14)7-9/h5-8H,3-4,14H2,1-2H3. The van der Waals surface area contributed by atoms with Gasteiger partial charge in [-0.05, 0) is 42.0 Å². The molecule has 2 rings (SSSR count). The lowest BCUT2D eigenvalue weighted by atomic mass is 10.1. The van der Waals surface area contributed by atoms with E-state index in [4.69, 9.17) is 5.73 Å². The number of nitrogens with zero attached hydrogens (tertiary/aromatic N) is 4. The quantitative estimate of drug-likeness (QED) is 0.845. The fourth-order valence-corrected chi connectivity index (χ4v) is 1.90. The number of aromatic nitrogens is 4. The second kappa shape index (κ2) is 5.12. The summed E-state index contributed by atoms with van der Waals surface area (Å²) in [7, 11) is 0. The molecule has 0 amide bonds. The number of rotatable bonds is 4. The molecule has 1 unspecified atom stereocenters. The molecule has 0 spiro atoms. The normalized spacial score (nSPS) is 12.6. The molecule has 0 radical (unpaired) electrons. The van der Waals surface area contributed by atoms with Crippen molar-refractivity contribution in [2.24, 2.45) is 0 Å². The Morgan fingerprint density at radius 2 is 2.22 bits per heavy atom. The molecular formula is C12H16FN5. The Balaban J connectivity index is 2.39. The van der Waals surface area contributed by atoms with Gasteiger partial charge >= 0.3 is 0 Å². The van der Waals surface area contributed by atoms with Gasteiger partial charge in [-0.1, -0.05) is 13.3 Å². The van der Waals surface area contributed by atoms with Crippen LogP contribution in [0.4, 0.5) is 10.1 Å². The molecule has 0 fully saturated rings. The lowest BCUT2D eigenvalue weighted by Crippen LogP contribution is -2.09. The molecule has 6 heteroatoms. The summed E-state index contributed by atoms with van der Waals surface area (Å²) in [6.07, 6.45) is 2.03. The smallest absolute Gasteiger partial charge is 0.182 e. The molecule has 1 aromatic carbocycles. The fourth-order valence-electron chi connectivity index (χ4n) is 1.90. The van der Waals surface area contributed by atoms with Crippen LogP contribution in [-0.4, -0.2) is 20.2 Å². The van der Waals surface area contributed by atoms with Crippen LogP contribution in [0.3, 0.4) is 0 Å². The third-order valence-corrected chi connectivity index (χ3v) is 2.87. The van der Waals surface area contributed by atoms with Gasteiger partial charge in [-0.15, -0.1) is 5.10 Å². The predicted octanol–water partition coefficient (Wildman–Crippen LogP) is 2.42. The van der Waals surface area contributed by atoms with Crippen molar-refractivity contribution < 1.29 is 4.39 Å².